The maximum Gasteiger partial charge on any atom is 0.495 e. The summed E-state index contributed by atoms with van der Waals surface area (Å²) < 4.78 is 200. The van der Waals surface area contributed by atoms with E-state index in [-0.39, 0.29) is 12.8 Å². The van der Waals surface area contributed by atoms with E-state index in [1.165, 1.54) is 0 Å². The molecule has 0 spiro atoms. The van der Waals surface area contributed by atoms with Crippen LogP contribution in [0.5, 0.6) is 0 Å². The average Bonchev–Trinajstić information content (AvgIpc) is 2.74. The zero-order valence-corrected chi connectivity index (χ0v) is 18.2. The molecule has 0 aliphatic heterocycles. The third kappa shape index (κ3) is 4.09. The summed E-state index contributed by atoms with van der Waals surface area (Å²) >= 11 is 0. The molecule has 0 N–H and O–H groups in total. The Labute approximate surface area is 189 Å². The van der Waals surface area contributed by atoms with E-state index in [2.05, 4.69) is 0 Å². The molecule has 2 atom stereocenters. The van der Waals surface area contributed by atoms with Crippen LogP contribution >= 0.6 is 0 Å². The molecule has 4 nitrogen and oxygen atoms in total. The maximum absolute atomic E-state index is 15.1. The highest BCUT2D eigenvalue weighted by Crippen LogP contribution is 2.51. The molecular weight excluding hydrogens is 553 g/mol. The van der Waals surface area contributed by atoms with Gasteiger partial charge in [0.05, 0.1) is 17.2 Å². The normalized spacial score (nSPS) is 23.5. The van der Waals surface area contributed by atoms with E-state index in [9.17, 15) is 60.7 Å². The van der Waals surface area contributed by atoms with Crippen LogP contribution in [0.3, 0.4) is 0 Å². The lowest BCUT2D eigenvalue weighted by molar-refractivity contribution is -0.0425. The van der Waals surface area contributed by atoms with E-state index in [0.717, 1.165) is 0 Å². The summed E-state index contributed by atoms with van der Waals surface area (Å²) in [5.41, 5.74) is -14.1. The van der Waals surface area contributed by atoms with Crippen molar-refractivity contribution in [3.63, 3.8) is 0 Å². The summed E-state index contributed by atoms with van der Waals surface area (Å²) in [6.07, 6.45) is -7.34. The van der Waals surface area contributed by atoms with Crippen molar-refractivity contribution in [2.45, 2.75) is 42.6 Å². The summed E-state index contributed by atoms with van der Waals surface area (Å²) in [5, 5.41) is -2.30. The van der Waals surface area contributed by atoms with E-state index in [1.54, 1.807) is 0 Å². The number of alkyl halides is 4. The first kappa shape index (κ1) is 27.3. The maximum atomic E-state index is 15.1. The molecule has 1 saturated carbocycles. The summed E-state index contributed by atoms with van der Waals surface area (Å²) in [6.45, 7) is 0. The van der Waals surface area contributed by atoms with Gasteiger partial charge < -0.3 is 0 Å². The predicted molar refractivity (Wildman–Crippen MR) is 96.9 cm³/mol. The molecule has 1 fully saturated rings. The van der Waals surface area contributed by atoms with Crippen molar-refractivity contribution in [1.29, 1.82) is 0 Å². The Morgan fingerprint density at radius 2 is 1.37 bits per heavy atom. The smallest absolute Gasteiger partial charge is 0.254 e. The van der Waals surface area contributed by atoms with Crippen LogP contribution in [0.25, 0.3) is 5.83 Å². The molecule has 0 aromatic heterocycles. The van der Waals surface area contributed by atoms with Gasteiger partial charge in [-0.05, 0) is 42.4 Å². The van der Waals surface area contributed by atoms with Gasteiger partial charge >= 0.3 is 5.51 Å². The number of hydrogen-bond acceptors (Lipinski definition) is 4. The molecule has 0 amide bonds. The Morgan fingerprint density at radius 1 is 0.829 bits per heavy atom. The summed E-state index contributed by atoms with van der Waals surface area (Å²) in [6, 6.07) is 0. The Bertz CT molecular complexity index is 1360. The molecule has 0 radical (unpaired) electrons. The van der Waals surface area contributed by atoms with Crippen molar-refractivity contribution in [3.05, 3.63) is 56.2 Å². The standard InChI is InChI=1S/C18H10F11O4S2/c19-5-2-1-3-6(4-5)34(30,31)17(35(32,33)18(27,28)29)9-10(20)7-8(11(21)14(9)24)13(23)16(26)15(25)12(7)22/h5-6H,1-4H2/q-1/b17-9-. The second-order valence-electron chi connectivity index (χ2n) is 7.49. The minimum Gasteiger partial charge on any atom is -0.254 e. The van der Waals surface area contributed by atoms with Crippen LogP contribution in [0.2, 0.25) is 0 Å². The molecule has 1 aromatic rings. The largest absolute Gasteiger partial charge is 0.495 e. The van der Waals surface area contributed by atoms with Crippen LogP contribution in [0, 0.1) is 29.4 Å². The van der Waals surface area contributed by atoms with Gasteiger partial charge in [0, 0.05) is 0 Å². The van der Waals surface area contributed by atoms with Gasteiger partial charge in [-0.1, -0.05) is 0 Å². The molecule has 2 aliphatic rings. The van der Waals surface area contributed by atoms with E-state index >= 15 is 4.39 Å². The Hall–Kier alpha value is -2.30. The lowest BCUT2D eigenvalue weighted by Gasteiger charge is -2.33. The topological polar surface area (TPSA) is 68.3 Å². The van der Waals surface area contributed by atoms with E-state index in [0.29, 0.717) is 0 Å². The fourth-order valence-electron chi connectivity index (χ4n) is 3.72. The minimum absolute atomic E-state index is 0.282. The molecule has 17 heteroatoms. The Kier molecular flexibility index (Phi) is 6.76. The van der Waals surface area contributed by atoms with Crippen LogP contribution in [-0.4, -0.2) is 33.8 Å². The van der Waals surface area contributed by atoms with Gasteiger partial charge in [0.25, 0.3) is 9.84 Å². The number of benzene rings is 1. The fourth-order valence-corrected chi connectivity index (χ4v) is 8.00. The van der Waals surface area contributed by atoms with Crippen LogP contribution < -0.4 is 0 Å². The van der Waals surface area contributed by atoms with Gasteiger partial charge in [-0.25, -0.2) is 43.2 Å². The number of rotatable bonds is 3. The summed E-state index contributed by atoms with van der Waals surface area (Å²) in [5.74, 6) is -17.2. The molecular formula is C18H10F11O4S2-. The molecule has 0 saturated heterocycles. The van der Waals surface area contributed by atoms with Crippen molar-refractivity contribution >= 4 is 25.5 Å². The van der Waals surface area contributed by atoms with E-state index in [1.807, 2.05) is 0 Å². The summed E-state index contributed by atoms with van der Waals surface area (Å²) in [4.78, 5) is 0. The van der Waals surface area contributed by atoms with Crippen LogP contribution in [0.4, 0.5) is 48.3 Å². The first-order valence-corrected chi connectivity index (χ1v) is 12.3. The molecule has 196 valence electrons. The van der Waals surface area contributed by atoms with E-state index in [4.69, 9.17) is 0 Å². The van der Waals surface area contributed by atoms with Crippen molar-refractivity contribution in [1.82, 2.24) is 0 Å². The Balaban J connectivity index is 2.51. The lowest BCUT2D eigenvalue weighted by atomic mass is 9.89. The first-order valence-electron chi connectivity index (χ1n) is 9.26. The lowest BCUT2D eigenvalue weighted by Crippen LogP contribution is -2.37. The van der Waals surface area contributed by atoms with Gasteiger partial charge in [0.2, 0.25) is 0 Å². The third-order valence-corrected chi connectivity index (χ3v) is 10.0. The number of halogens is 11. The van der Waals surface area contributed by atoms with Gasteiger partial charge in [-0.15, -0.1) is 0 Å². The first-order chi connectivity index (χ1) is 15.9. The molecule has 2 aliphatic carbocycles. The average molecular weight is 563 g/mol. The third-order valence-electron chi connectivity index (χ3n) is 5.35. The highest BCUT2D eigenvalue weighted by molar-refractivity contribution is 8.15. The van der Waals surface area contributed by atoms with Crippen molar-refractivity contribution in [2.24, 2.45) is 0 Å². The molecule has 1 aromatic carbocycles. The number of allylic oxidation sites excluding steroid dienone is 2. The summed E-state index contributed by atoms with van der Waals surface area (Å²) in [7, 11) is -13.4. The van der Waals surface area contributed by atoms with Crippen molar-refractivity contribution in [3.8, 4) is 0 Å². The SMILES string of the molecule is O=S(=O)(/C(=C1/C(F)=C(F)c2c(F)c(F)c(F)c(F)c2[C-]1F)S(=O)(=O)C(F)(F)F)C1CCCC(F)C1. The van der Waals surface area contributed by atoms with Gasteiger partial charge in [-0.2, -0.15) is 13.2 Å². The number of sulfone groups is 2. The van der Waals surface area contributed by atoms with Gasteiger partial charge in [-0.3, -0.25) is 8.78 Å². The van der Waals surface area contributed by atoms with E-state index < -0.39 is 111 Å². The molecule has 35 heavy (non-hydrogen) atoms. The Morgan fingerprint density at radius 3 is 1.89 bits per heavy atom. The minimum atomic E-state index is -7.31. The monoisotopic (exact) mass is 563 g/mol. The highest BCUT2D eigenvalue weighted by atomic mass is 32.3. The quantitative estimate of drug-likeness (QED) is 0.209. The predicted octanol–water partition coefficient (Wildman–Crippen LogP) is 5.56. The number of hydrogen-bond donors (Lipinski definition) is 0. The molecule has 2 unspecified atom stereocenters. The van der Waals surface area contributed by atoms with Gasteiger partial charge in [0.15, 0.2) is 21.5 Å². The van der Waals surface area contributed by atoms with Crippen molar-refractivity contribution < 1.29 is 65.1 Å². The van der Waals surface area contributed by atoms with Crippen LogP contribution in [-0.2, 0) is 19.7 Å². The van der Waals surface area contributed by atoms with Gasteiger partial charge in [0.1, 0.15) is 27.9 Å². The molecule has 3 rings (SSSR count). The zero-order valence-electron chi connectivity index (χ0n) is 16.6. The van der Waals surface area contributed by atoms with Crippen molar-refractivity contribution in [2.75, 3.05) is 0 Å². The van der Waals surface area contributed by atoms with Crippen LogP contribution in [0.15, 0.2) is 15.6 Å². The zero-order chi connectivity index (χ0) is 26.8. The number of fused-ring (bicyclic) bond motifs is 1. The molecule has 0 heterocycles. The second kappa shape index (κ2) is 8.67. The highest BCUT2D eigenvalue weighted by Gasteiger charge is 2.54. The van der Waals surface area contributed by atoms with Crippen LogP contribution in [0.1, 0.15) is 36.8 Å². The fraction of sp³-hybridized carbons (Fsp3) is 0.389. The molecule has 0 bridgehead atoms. The second-order valence-corrected chi connectivity index (χ2v) is 11.8.